The van der Waals surface area contributed by atoms with Gasteiger partial charge in [0, 0.05) is 6.54 Å². The van der Waals surface area contributed by atoms with E-state index in [1.807, 2.05) is 38.1 Å². The lowest BCUT2D eigenvalue weighted by Gasteiger charge is -2.26. The molecule has 0 spiro atoms. The van der Waals surface area contributed by atoms with Crippen LogP contribution in [0.1, 0.15) is 20.8 Å². The first-order valence-electron chi connectivity index (χ1n) is 6.56. The molecule has 1 rings (SSSR count). The van der Waals surface area contributed by atoms with E-state index in [2.05, 4.69) is 6.07 Å². The second-order valence-corrected chi connectivity index (χ2v) is 4.91. The molecule has 0 aliphatic carbocycles. The second kappa shape index (κ2) is 7.39. The first-order valence-corrected chi connectivity index (χ1v) is 6.56. The van der Waals surface area contributed by atoms with Gasteiger partial charge in [-0.15, -0.1) is 0 Å². The molecule has 0 fully saturated rings. The van der Waals surface area contributed by atoms with Crippen molar-refractivity contribution in [2.45, 2.75) is 26.9 Å². The first kappa shape index (κ1) is 15.8. The molecule has 1 aromatic rings. The highest BCUT2D eigenvalue weighted by Gasteiger charge is 2.19. The van der Waals surface area contributed by atoms with Gasteiger partial charge in [-0.3, -0.25) is 4.79 Å². The van der Waals surface area contributed by atoms with Crippen LogP contribution >= 0.6 is 0 Å². The van der Waals surface area contributed by atoms with E-state index in [1.165, 1.54) is 0 Å². The van der Waals surface area contributed by atoms with E-state index in [0.717, 1.165) is 5.69 Å². The number of nitrogens with zero attached hydrogens (tertiary/aromatic N) is 2. The number of para-hydroxylation sites is 2. The number of anilines is 1. The fourth-order valence-corrected chi connectivity index (χ4v) is 1.81. The van der Waals surface area contributed by atoms with E-state index < -0.39 is 11.9 Å². The summed E-state index contributed by atoms with van der Waals surface area (Å²) in [6, 6.07) is 9.43. The Kier molecular flexibility index (Phi) is 5.85. The van der Waals surface area contributed by atoms with Crippen molar-refractivity contribution in [3.63, 3.8) is 0 Å². The molecular weight excluding hydrogens is 256 g/mol. The molecule has 108 valence electrons. The van der Waals surface area contributed by atoms with Crippen molar-refractivity contribution in [2.75, 3.05) is 18.0 Å². The summed E-state index contributed by atoms with van der Waals surface area (Å²) in [4.78, 5) is 12.7. The number of hydrogen-bond donors (Lipinski definition) is 1. The standard InChI is InChI=1S/C15H20N2O3/c1-11(2)20-14-7-5-4-6-13(14)17(9-8-16)10-12(3)15(18)19/h4-7,11-12H,9-10H2,1-3H3,(H,18,19). The Labute approximate surface area is 119 Å². The molecule has 1 atom stereocenters. The molecule has 0 saturated heterocycles. The molecule has 0 aliphatic heterocycles. The molecule has 20 heavy (non-hydrogen) atoms. The average molecular weight is 276 g/mol. The van der Waals surface area contributed by atoms with Gasteiger partial charge in [0.1, 0.15) is 12.3 Å². The smallest absolute Gasteiger partial charge is 0.308 e. The molecule has 1 N–H and O–H groups in total. The summed E-state index contributed by atoms with van der Waals surface area (Å²) in [5.41, 5.74) is 0.746. The summed E-state index contributed by atoms with van der Waals surface area (Å²) in [5.74, 6) is -0.777. The van der Waals surface area contributed by atoms with Gasteiger partial charge in [0.15, 0.2) is 0 Å². The number of rotatable bonds is 7. The Morgan fingerprint density at radius 3 is 2.60 bits per heavy atom. The predicted molar refractivity (Wildman–Crippen MR) is 76.8 cm³/mol. The Balaban J connectivity index is 3.02. The molecular formula is C15H20N2O3. The highest BCUT2D eigenvalue weighted by molar-refractivity contribution is 5.71. The van der Waals surface area contributed by atoms with Crippen molar-refractivity contribution in [1.82, 2.24) is 0 Å². The van der Waals surface area contributed by atoms with Gasteiger partial charge >= 0.3 is 5.97 Å². The number of ether oxygens (including phenoxy) is 1. The molecule has 0 aromatic heterocycles. The van der Waals surface area contributed by atoms with Gasteiger partial charge in [-0.05, 0) is 26.0 Å². The Morgan fingerprint density at radius 1 is 1.40 bits per heavy atom. The number of carbonyl (C=O) groups is 1. The van der Waals surface area contributed by atoms with Crippen LogP contribution in [-0.2, 0) is 4.79 Å². The van der Waals surface area contributed by atoms with Crippen LogP contribution in [0.3, 0.4) is 0 Å². The van der Waals surface area contributed by atoms with Gasteiger partial charge < -0.3 is 14.7 Å². The third-order valence-corrected chi connectivity index (χ3v) is 2.75. The van der Waals surface area contributed by atoms with Crippen molar-refractivity contribution in [3.05, 3.63) is 24.3 Å². The normalized spacial score (nSPS) is 11.8. The van der Waals surface area contributed by atoms with E-state index in [9.17, 15) is 4.79 Å². The van der Waals surface area contributed by atoms with Crippen LogP contribution in [0.5, 0.6) is 5.75 Å². The minimum Gasteiger partial charge on any atom is -0.489 e. The fourth-order valence-electron chi connectivity index (χ4n) is 1.81. The SMILES string of the molecule is CC(C)Oc1ccccc1N(CC#N)CC(C)C(=O)O. The largest absolute Gasteiger partial charge is 0.489 e. The molecule has 5 nitrogen and oxygen atoms in total. The number of benzene rings is 1. The lowest BCUT2D eigenvalue weighted by molar-refractivity contribution is -0.140. The number of nitriles is 1. The lowest BCUT2D eigenvalue weighted by atomic mass is 10.1. The number of carboxylic acid groups (broad SMARTS) is 1. The lowest BCUT2D eigenvalue weighted by Crippen LogP contribution is -2.32. The molecule has 0 bridgehead atoms. The van der Waals surface area contributed by atoms with Crippen LogP contribution in [0.2, 0.25) is 0 Å². The van der Waals surface area contributed by atoms with E-state index in [1.54, 1.807) is 11.8 Å². The summed E-state index contributed by atoms with van der Waals surface area (Å²) in [6.07, 6.45) is 0.0111. The first-order chi connectivity index (χ1) is 9.45. The number of carboxylic acids is 1. The maximum absolute atomic E-state index is 11.0. The van der Waals surface area contributed by atoms with Crippen molar-refractivity contribution < 1.29 is 14.6 Å². The number of aliphatic carboxylic acids is 1. The zero-order chi connectivity index (χ0) is 15.1. The summed E-state index contributed by atoms with van der Waals surface area (Å²) in [5, 5.41) is 18.0. The number of hydrogen-bond acceptors (Lipinski definition) is 4. The van der Waals surface area contributed by atoms with Gasteiger partial charge in [0.25, 0.3) is 0 Å². The Morgan fingerprint density at radius 2 is 2.05 bits per heavy atom. The van der Waals surface area contributed by atoms with Crippen LogP contribution in [0.15, 0.2) is 24.3 Å². The van der Waals surface area contributed by atoms with Crippen LogP contribution in [0.25, 0.3) is 0 Å². The van der Waals surface area contributed by atoms with Gasteiger partial charge in [0.2, 0.25) is 0 Å². The van der Waals surface area contributed by atoms with Gasteiger partial charge in [-0.1, -0.05) is 19.1 Å². The third kappa shape index (κ3) is 4.47. The molecule has 0 aliphatic rings. The van der Waals surface area contributed by atoms with Crippen LogP contribution in [0.4, 0.5) is 5.69 Å². The predicted octanol–water partition coefficient (Wildman–Crippen LogP) is 2.52. The molecule has 0 saturated carbocycles. The summed E-state index contributed by atoms with van der Waals surface area (Å²) < 4.78 is 5.72. The monoisotopic (exact) mass is 276 g/mol. The summed E-state index contributed by atoms with van der Waals surface area (Å²) in [7, 11) is 0. The summed E-state index contributed by atoms with van der Waals surface area (Å²) >= 11 is 0. The van der Waals surface area contributed by atoms with Crippen molar-refractivity contribution in [3.8, 4) is 11.8 Å². The van der Waals surface area contributed by atoms with Crippen LogP contribution < -0.4 is 9.64 Å². The van der Waals surface area contributed by atoms with E-state index in [-0.39, 0.29) is 19.2 Å². The Bertz CT molecular complexity index is 494. The topological polar surface area (TPSA) is 73.6 Å². The highest BCUT2D eigenvalue weighted by atomic mass is 16.5. The van der Waals surface area contributed by atoms with Crippen LogP contribution in [0, 0.1) is 17.2 Å². The molecule has 1 unspecified atom stereocenters. The van der Waals surface area contributed by atoms with Crippen LogP contribution in [-0.4, -0.2) is 30.3 Å². The van der Waals surface area contributed by atoms with E-state index in [4.69, 9.17) is 15.1 Å². The molecule has 1 aromatic carbocycles. The molecule has 0 amide bonds. The summed E-state index contributed by atoms with van der Waals surface area (Å²) in [6.45, 7) is 5.85. The maximum Gasteiger partial charge on any atom is 0.308 e. The molecule has 0 radical (unpaired) electrons. The van der Waals surface area contributed by atoms with Crippen molar-refractivity contribution in [1.29, 1.82) is 5.26 Å². The average Bonchev–Trinajstić information content (AvgIpc) is 2.38. The second-order valence-electron chi connectivity index (χ2n) is 4.91. The third-order valence-electron chi connectivity index (χ3n) is 2.75. The van der Waals surface area contributed by atoms with Gasteiger partial charge in [-0.25, -0.2) is 0 Å². The molecule has 5 heteroatoms. The fraction of sp³-hybridized carbons (Fsp3) is 0.467. The maximum atomic E-state index is 11.0. The molecule has 0 heterocycles. The van der Waals surface area contributed by atoms with Gasteiger partial charge in [0.05, 0.1) is 23.8 Å². The zero-order valence-electron chi connectivity index (χ0n) is 12.0. The minimum atomic E-state index is -0.879. The highest BCUT2D eigenvalue weighted by Crippen LogP contribution is 2.29. The minimum absolute atomic E-state index is 0.0111. The van der Waals surface area contributed by atoms with E-state index >= 15 is 0 Å². The zero-order valence-corrected chi connectivity index (χ0v) is 12.0. The van der Waals surface area contributed by atoms with Crippen molar-refractivity contribution in [2.24, 2.45) is 5.92 Å². The van der Waals surface area contributed by atoms with E-state index in [0.29, 0.717) is 5.75 Å². The van der Waals surface area contributed by atoms with Crippen molar-refractivity contribution >= 4 is 11.7 Å². The Hall–Kier alpha value is -2.22. The quantitative estimate of drug-likeness (QED) is 0.775. The van der Waals surface area contributed by atoms with Gasteiger partial charge in [-0.2, -0.15) is 5.26 Å².